The second kappa shape index (κ2) is 6.96. The lowest BCUT2D eigenvalue weighted by Crippen LogP contribution is -2.30. The van der Waals surface area contributed by atoms with Crippen LogP contribution < -0.4 is 0 Å². The number of aromatic nitrogens is 1. The van der Waals surface area contributed by atoms with E-state index in [1.54, 1.807) is 31.9 Å². The van der Waals surface area contributed by atoms with Gasteiger partial charge in [0.1, 0.15) is 12.0 Å². The molecule has 1 heterocycles. The molecule has 1 amide bonds. The van der Waals surface area contributed by atoms with E-state index in [1.165, 1.54) is 6.26 Å². The van der Waals surface area contributed by atoms with Crippen molar-refractivity contribution in [1.82, 2.24) is 10.1 Å². The van der Waals surface area contributed by atoms with Crippen molar-refractivity contribution < 1.29 is 14.4 Å². The molecule has 0 aliphatic carbocycles. The maximum atomic E-state index is 12.7. The van der Waals surface area contributed by atoms with Crippen LogP contribution in [0.3, 0.4) is 0 Å². The minimum atomic E-state index is -0.710. The Morgan fingerprint density at radius 3 is 2.74 bits per heavy atom. The lowest BCUT2D eigenvalue weighted by atomic mass is 9.97. The van der Waals surface area contributed by atoms with E-state index in [4.69, 9.17) is 4.52 Å². The van der Waals surface area contributed by atoms with Gasteiger partial charge in [0.25, 0.3) is 5.91 Å². The number of benzene rings is 1. The Bertz CT molecular complexity index is 645. The maximum absolute atomic E-state index is 12.7. The predicted molar refractivity (Wildman–Crippen MR) is 88.1 cm³/mol. The highest BCUT2D eigenvalue weighted by atomic mass is 16.5. The molecule has 0 radical (unpaired) electrons. The highest BCUT2D eigenvalue weighted by molar-refractivity contribution is 5.94. The lowest BCUT2D eigenvalue weighted by Gasteiger charge is -2.23. The van der Waals surface area contributed by atoms with Crippen LogP contribution in [0.2, 0.25) is 0 Å². The highest BCUT2D eigenvalue weighted by Crippen LogP contribution is 2.20. The van der Waals surface area contributed by atoms with Crippen LogP contribution in [0.25, 0.3) is 0 Å². The smallest absolute Gasteiger partial charge is 0.254 e. The van der Waals surface area contributed by atoms with Gasteiger partial charge in [-0.25, -0.2) is 0 Å². The molecule has 5 nitrogen and oxygen atoms in total. The molecular formula is C18H24N2O3. The molecule has 2 aromatic rings. The number of aliphatic hydroxyl groups is 1. The van der Waals surface area contributed by atoms with Crippen molar-refractivity contribution in [3.63, 3.8) is 0 Å². The van der Waals surface area contributed by atoms with E-state index in [0.717, 1.165) is 17.7 Å². The van der Waals surface area contributed by atoms with Gasteiger partial charge < -0.3 is 14.5 Å². The van der Waals surface area contributed by atoms with Crippen molar-refractivity contribution in [1.29, 1.82) is 0 Å². The van der Waals surface area contributed by atoms with E-state index in [1.807, 2.05) is 31.2 Å². The molecule has 5 heteroatoms. The van der Waals surface area contributed by atoms with E-state index >= 15 is 0 Å². The second-order valence-electron chi connectivity index (χ2n) is 6.53. The molecule has 0 bridgehead atoms. The van der Waals surface area contributed by atoms with Crippen LogP contribution in [0.1, 0.15) is 54.8 Å². The summed E-state index contributed by atoms with van der Waals surface area (Å²) in [7, 11) is 1.76. The fraction of sp³-hybridized carbons (Fsp3) is 0.444. The van der Waals surface area contributed by atoms with Crippen molar-refractivity contribution in [2.45, 2.75) is 45.3 Å². The fourth-order valence-electron chi connectivity index (χ4n) is 2.33. The summed E-state index contributed by atoms with van der Waals surface area (Å²) < 4.78 is 4.84. The van der Waals surface area contributed by atoms with Gasteiger partial charge in [0, 0.05) is 18.7 Å². The molecule has 0 aliphatic heterocycles. The van der Waals surface area contributed by atoms with Crippen molar-refractivity contribution in [2.24, 2.45) is 0 Å². The number of amides is 1. The molecule has 0 fully saturated rings. The minimum absolute atomic E-state index is 0.0643. The maximum Gasteiger partial charge on any atom is 0.254 e. The summed E-state index contributed by atoms with van der Waals surface area (Å²) in [5.41, 5.74) is 1.69. The molecule has 2 rings (SSSR count). The second-order valence-corrected chi connectivity index (χ2v) is 6.53. The van der Waals surface area contributed by atoms with Crippen molar-refractivity contribution in [3.05, 3.63) is 53.4 Å². The quantitative estimate of drug-likeness (QED) is 0.888. The van der Waals surface area contributed by atoms with Crippen LogP contribution in [0.15, 0.2) is 41.1 Å². The molecule has 1 atom stereocenters. The van der Waals surface area contributed by atoms with Gasteiger partial charge in [0.15, 0.2) is 0 Å². The summed E-state index contributed by atoms with van der Waals surface area (Å²) in [4.78, 5) is 14.3. The zero-order chi connectivity index (χ0) is 17.0. The summed E-state index contributed by atoms with van der Waals surface area (Å²) in [6, 6.07) is 9.14. The molecule has 0 aliphatic rings. The molecule has 1 aromatic heterocycles. The Balaban J connectivity index is 2.10. The van der Waals surface area contributed by atoms with Crippen LogP contribution in [0, 0.1) is 0 Å². The Hall–Kier alpha value is -2.14. The molecule has 0 saturated carbocycles. The number of aryl methyl sites for hydroxylation is 1. The first-order chi connectivity index (χ1) is 10.8. The lowest BCUT2D eigenvalue weighted by molar-refractivity contribution is 0.0714. The van der Waals surface area contributed by atoms with Crippen molar-refractivity contribution >= 4 is 5.91 Å². The first-order valence-electron chi connectivity index (χ1n) is 7.77. The SMILES string of the molecule is C[C@H](c1ccon1)N(C)C(=O)c1cccc(CCC(C)(C)O)c1. The first-order valence-corrected chi connectivity index (χ1v) is 7.77. The van der Waals surface area contributed by atoms with Gasteiger partial charge in [-0.1, -0.05) is 17.3 Å². The highest BCUT2D eigenvalue weighted by Gasteiger charge is 2.21. The summed E-state index contributed by atoms with van der Waals surface area (Å²) >= 11 is 0. The predicted octanol–water partition coefficient (Wildman–Crippen LogP) is 3.21. The van der Waals surface area contributed by atoms with Crippen molar-refractivity contribution in [3.8, 4) is 0 Å². The largest absolute Gasteiger partial charge is 0.390 e. The van der Waals surface area contributed by atoms with Crippen LogP contribution in [-0.2, 0) is 6.42 Å². The van der Waals surface area contributed by atoms with Gasteiger partial charge in [-0.3, -0.25) is 4.79 Å². The number of hydrogen-bond donors (Lipinski definition) is 1. The van der Waals surface area contributed by atoms with E-state index < -0.39 is 5.60 Å². The third-order valence-electron chi connectivity index (χ3n) is 3.99. The summed E-state index contributed by atoms with van der Waals surface area (Å²) in [5.74, 6) is -0.0643. The average molecular weight is 316 g/mol. The Labute approximate surface area is 136 Å². The minimum Gasteiger partial charge on any atom is -0.390 e. The molecule has 1 aromatic carbocycles. The van der Waals surface area contributed by atoms with Crippen LogP contribution >= 0.6 is 0 Å². The first kappa shape index (κ1) is 17.2. The molecule has 0 spiro atoms. The molecule has 0 unspecified atom stereocenters. The van der Waals surface area contributed by atoms with Crippen LogP contribution in [0.5, 0.6) is 0 Å². The Morgan fingerprint density at radius 2 is 2.13 bits per heavy atom. The fourth-order valence-corrected chi connectivity index (χ4v) is 2.33. The molecular weight excluding hydrogens is 292 g/mol. The third-order valence-corrected chi connectivity index (χ3v) is 3.99. The number of carbonyl (C=O) groups excluding carboxylic acids is 1. The zero-order valence-corrected chi connectivity index (χ0v) is 14.1. The molecule has 1 N–H and O–H groups in total. The van der Waals surface area contributed by atoms with Gasteiger partial charge in [0.2, 0.25) is 0 Å². The number of hydrogen-bond acceptors (Lipinski definition) is 4. The van der Waals surface area contributed by atoms with E-state index in [9.17, 15) is 9.90 Å². The van der Waals surface area contributed by atoms with Gasteiger partial charge in [-0.15, -0.1) is 0 Å². The van der Waals surface area contributed by atoms with Gasteiger partial charge in [-0.2, -0.15) is 0 Å². The third kappa shape index (κ3) is 4.66. The van der Waals surface area contributed by atoms with Crippen LogP contribution in [-0.4, -0.2) is 33.7 Å². The number of rotatable bonds is 6. The average Bonchev–Trinajstić information content (AvgIpc) is 3.05. The normalized spacial score (nSPS) is 12.9. The van der Waals surface area contributed by atoms with Crippen molar-refractivity contribution in [2.75, 3.05) is 7.05 Å². The van der Waals surface area contributed by atoms with E-state index in [0.29, 0.717) is 12.0 Å². The van der Waals surface area contributed by atoms with Gasteiger partial charge in [0.05, 0.1) is 11.6 Å². The Kier molecular flexibility index (Phi) is 5.21. The van der Waals surface area contributed by atoms with E-state index in [2.05, 4.69) is 5.16 Å². The van der Waals surface area contributed by atoms with Gasteiger partial charge in [-0.05, 0) is 51.3 Å². The monoisotopic (exact) mass is 316 g/mol. The topological polar surface area (TPSA) is 66.6 Å². The van der Waals surface area contributed by atoms with Crippen LogP contribution in [0.4, 0.5) is 0 Å². The number of carbonyl (C=O) groups is 1. The Morgan fingerprint density at radius 1 is 1.39 bits per heavy atom. The standard InChI is InChI=1S/C18H24N2O3/c1-13(16-9-11-23-19-16)20(4)17(21)15-7-5-6-14(12-15)8-10-18(2,3)22/h5-7,9,11-13,22H,8,10H2,1-4H3/t13-/m1/s1. The van der Waals surface area contributed by atoms with Gasteiger partial charge >= 0.3 is 0 Å². The summed E-state index contributed by atoms with van der Waals surface area (Å²) in [5, 5.41) is 13.7. The van der Waals surface area contributed by atoms with E-state index in [-0.39, 0.29) is 11.9 Å². The molecule has 124 valence electrons. The summed E-state index contributed by atoms with van der Waals surface area (Å²) in [6.45, 7) is 5.48. The molecule has 0 saturated heterocycles. The molecule has 23 heavy (non-hydrogen) atoms. The summed E-state index contributed by atoms with van der Waals surface area (Å²) in [6.07, 6.45) is 2.88. The zero-order valence-electron chi connectivity index (χ0n) is 14.1. The number of nitrogens with zero attached hydrogens (tertiary/aromatic N) is 2.